The first-order valence-corrected chi connectivity index (χ1v) is 8.05. The molecule has 5 heteroatoms. The molecule has 0 spiro atoms. The number of hydrogen-bond donors (Lipinski definition) is 1. The van der Waals surface area contributed by atoms with Crippen molar-refractivity contribution in [3.8, 4) is 18.0 Å². The first-order chi connectivity index (χ1) is 12.5. The summed E-state index contributed by atoms with van der Waals surface area (Å²) in [5.74, 6) is 1.14. The Kier molecular flexibility index (Phi) is 4.68. The van der Waals surface area contributed by atoms with Crippen molar-refractivity contribution < 1.29 is 9.59 Å². The molecule has 1 N–H and O–H groups in total. The van der Waals surface area contributed by atoms with E-state index in [0.29, 0.717) is 28.2 Å². The van der Waals surface area contributed by atoms with Crippen molar-refractivity contribution in [1.82, 2.24) is 9.78 Å². The SMILES string of the molecule is C#Cc1cccc(NC(=O)C(=O)c2c(C)nn(-c3ccccc3)c2C)c1. The van der Waals surface area contributed by atoms with E-state index in [0.717, 1.165) is 5.69 Å². The number of amides is 1. The minimum absolute atomic E-state index is 0.305. The zero-order valence-corrected chi connectivity index (χ0v) is 14.5. The number of ketones is 1. The number of aromatic nitrogens is 2. The van der Waals surface area contributed by atoms with Crippen LogP contribution in [0.1, 0.15) is 27.3 Å². The van der Waals surface area contributed by atoms with Crippen LogP contribution in [0.4, 0.5) is 5.69 Å². The summed E-state index contributed by atoms with van der Waals surface area (Å²) in [6, 6.07) is 16.2. The van der Waals surface area contributed by atoms with Crippen LogP contribution in [-0.2, 0) is 4.79 Å². The second-order valence-corrected chi connectivity index (χ2v) is 5.80. The van der Waals surface area contributed by atoms with Crippen molar-refractivity contribution in [2.45, 2.75) is 13.8 Å². The molecule has 0 saturated carbocycles. The molecule has 0 aliphatic carbocycles. The van der Waals surface area contributed by atoms with Crippen molar-refractivity contribution in [3.05, 3.63) is 77.1 Å². The Labute approximate surface area is 151 Å². The molecule has 0 aliphatic heterocycles. The number of carbonyl (C=O) groups is 2. The van der Waals surface area contributed by atoms with Crippen molar-refractivity contribution in [2.75, 3.05) is 5.32 Å². The molecule has 0 radical (unpaired) electrons. The Morgan fingerprint density at radius 1 is 1.08 bits per heavy atom. The van der Waals surface area contributed by atoms with Crippen LogP contribution in [0.15, 0.2) is 54.6 Å². The van der Waals surface area contributed by atoms with Crippen LogP contribution < -0.4 is 5.32 Å². The predicted molar refractivity (Wildman–Crippen MR) is 100 cm³/mol. The van der Waals surface area contributed by atoms with Crippen molar-refractivity contribution in [1.29, 1.82) is 0 Å². The fraction of sp³-hybridized carbons (Fsp3) is 0.0952. The maximum absolute atomic E-state index is 12.7. The third-order valence-corrected chi connectivity index (χ3v) is 4.01. The van der Waals surface area contributed by atoms with E-state index in [1.165, 1.54) is 0 Å². The van der Waals surface area contributed by atoms with Crippen LogP contribution in [0.2, 0.25) is 0 Å². The summed E-state index contributed by atoms with van der Waals surface area (Å²) < 4.78 is 1.66. The Hall–Kier alpha value is -3.65. The number of nitrogens with zero attached hydrogens (tertiary/aromatic N) is 2. The molecule has 0 saturated heterocycles. The van der Waals surface area contributed by atoms with Crippen LogP contribution in [0.25, 0.3) is 5.69 Å². The predicted octanol–water partition coefficient (Wildman–Crippen LogP) is 3.29. The summed E-state index contributed by atoms with van der Waals surface area (Å²) in [4.78, 5) is 25.1. The third-order valence-electron chi connectivity index (χ3n) is 4.01. The van der Waals surface area contributed by atoms with Gasteiger partial charge in [0.25, 0.3) is 11.7 Å². The molecule has 0 aliphatic rings. The first kappa shape index (κ1) is 17.2. The van der Waals surface area contributed by atoms with Crippen molar-refractivity contribution in [3.63, 3.8) is 0 Å². The lowest BCUT2D eigenvalue weighted by atomic mass is 10.1. The fourth-order valence-corrected chi connectivity index (χ4v) is 2.78. The number of terminal acetylenes is 1. The topological polar surface area (TPSA) is 64.0 Å². The Bertz CT molecular complexity index is 1030. The molecule has 0 unspecified atom stereocenters. The summed E-state index contributed by atoms with van der Waals surface area (Å²) in [7, 11) is 0. The number of aryl methyl sites for hydroxylation is 1. The first-order valence-electron chi connectivity index (χ1n) is 8.05. The van der Waals surface area contributed by atoms with E-state index in [9.17, 15) is 9.59 Å². The van der Waals surface area contributed by atoms with Gasteiger partial charge in [0.15, 0.2) is 0 Å². The number of carbonyl (C=O) groups excluding carboxylic acids is 2. The van der Waals surface area contributed by atoms with Gasteiger partial charge in [0.1, 0.15) is 0 Å². The third kappa shape index (κ3) is 3.26. The maximum atomic E-state index is 12.7. The van der Waals surface area contributed by atoms with Gasteiger partial charge in [-0.25, -0.2) is 4.68 Å². The van der Waals surface area contributed by atoms with Crippen LogP contribution >= 0.6 is 0 Å². The highest BCUT2D eigenvalue weighted by molar-refractivity contribution is 6.47. The van der Waals surface area contributed by atoms with Gasteiger partial charge in [0, 0.05) is 11.3 Å². The maximum Gasteiger partial charge on any atom is 0.296 e. The summed E-state index contributed by atoms with van der Waals surface area (Å²) in [5.41, 5.74) is 3.35. The van der Waals surface area contributed by atoms with Crippen LogP contribution in [-0.4, -0.2) is 21.5 Å². The standard InChI is InChI=1S/C21H17N3O2/c1-4-16-9-8-10-17(13-16)22-21(26)20(25)19-14(2)23-24(15(19)3)18-11-6-5-7-12-18/h1,5-13H,2-3H3,(H,22,26). The summed E-state index contributed by atoms with van der Waals surface area (Å²) in [6.45, 7) is 3.48. The second kappa shape index (κ2) is 7.08. The average molecular weight is 343 g/mol. The molecule has 26 heavy (non-hydrogen) atoms. The van der Waals surface area contributed by atoms with E-state index in [1.54, 1.807) is 42.8 Å². The molecular weight excluding hydrogens is 326 g/mol. The highest BCUT2D eigenvalue weighted by Crippen LogP contribution is 2.19. The number of nitrogens with one attached hydrogen (secondary N) is 1. The van der Waals surface area contributed by atoms with Gasteiger partial charge in [-0.05, 0) is 44.2 Å². The molecule has 5 nitrogen and oxygen atoms in total. The minimum atomic E-state index is -0.724. The van der Waals surface area contributed by atoms with Gasteiger partial charge in [-0.1, -0.05) is 30.2 Å². The number of rotatable bonds is 4. The monoisotopic (exact) mass is 343 g/mol. The number of benzene rings is 2. The van der Waals surface area contributed by atoms with E-state index in [1.807, 2.05) is 30.3 Å². The smallest absolute Gasteiger partial charge is 0.296 e. The summed E-state index contributed by atoms with van der Waals surface area (Å²) in [6.07, 6.45) is 5.36. The molecule has 1 amide bonds. The molecular formula is C21H17N3O2. The molecule has 3 aromatic rings. The summed E-state index contributed by atoms with van der Waals surface area (Å²) >= 11 is 0. The number of para-hydroxylation sites is 1. The molecule has 0 atom stereocenters. The lowest BCUT2D eigenvalue weighted by Crippen LogP contribution is -2.24. The zero-order chi connectivity index (χ0) is 18.7. The van der Waals surface area contributed by atoms with Crippen molar-refractivity contribution in [2.24, 2.45) is 0 Å². The van der Waals surface area contributed by atoms with Gasteiger partial charge in [-0.3, -0.25) is 9.59 Å². The zero-order valence-electron chi connectivity index (χ0n) is 14.5. The number of anilines is 1. The quantitative estimate of drug-likeness (QED) is 0.449. The number of Topliss-reactive ketones (excluding diaryl/α,β-unsaturated/α-hetero) is 1. The molecule has 3 rings (SSSR count). The van der Waals surface area contributed by atoms with E-state index < -0.39 is 11.7 Å². The fourth-order valence-electron chi connectivity index (χ4n) is 2.78. The van der Waals surface area contributed by atoms with E-state index in [2.05, 4.69) is 16.3 Å². The van der Waals surface area contributed by atoms with Gasteiger partial charge < -0.3 is 5.32 Å². The van der Waals surface area contributed by atoms with Gasteiger partial charge in [-0.2, -0.15) is 5.10 Å². The van der Waals surface area contributed by atoms with Crippen LogP contribution in [0.5, 0.6) is 0 Å². The Balaban J connectivity index is 1.89. The van der Waals surface area contributed by atoms with E-state index in [-0.39, 0.29) is 0 Å². The van der Waals surface area contributed by atoms with E-state index >= 15 is 0 Å². The molecule has 128 valence electrons. The molecule has 1 heterocycles. The molecule has 0 bridgehead atoms. The Morgan fingerprint density at radius 3 is 2.50 bits per heavy atom. The van der Waals surface area contributed by atoms with Gasteiger partial charge in [-0.15, -0.1) is 6.42 Å². The Morgan fingerprint density at radius 2 is 1.81 bits per heavy atom. The molecule has 0 fully saturated rings. The lowest BCUT2D eigenvalue weighted by Gasteiger charge is -2.06. The highest BCUT2D eigenvalue weighted by Gasteiger charge is 2.25. The van der Waals surface area contributed by atoms with Crippen molar-refractivity contribution >= 4 is 17.4 Å². The lowest BCUT2D eigenvalue weighted by molar-refractivity contribution is -0.112. The molecule has 1 aromatic heterocycles. The normalized spacial score (nSPS) is 10.2. The second-order valence-electron chi connectivity index (χ2n) is 5.80. The number of hydrogen-bond acceptors (Lipinski definition) is 3. The van der Waals surface area contributed by atoms with E-state index in [4.69, 9.17) is 6.42 Å². The van der Waals surface area contributed by atoms with Gasteiger partial charge in [0.05, 0.1) is 22.6 Å². The van der Waals surface area contributed by atoms with Crippen LogP contribution in [0, 0.1) is 26.2 Å². The van der Waals surface area contributed by atoms with Crippen LogP contribution in [0.3, 0.4) is 0 Å². The average Bonchev–Trinajstić information content (AvgIpc) is 2.96. The van der Waals surface area contributed by atoms with Gasteiger partial charge >= 0.3 is 0 Å². The summed E-state index contributed by atoms with van der Waals surface area (Å²) in [5, 5.41) is 7.00. The highest BCUT2D eigenvalue weighted by atomic mass is 16.2. The largest absolute Gasteiger partial charge is 0.319 e. The minimum Gasteiger partial charge on any atom is -0.319 e. The molecule has 2 aromatic carbocycles. The van der Waals surface area contributed by atoms with Gasteiger partial charge in [0.2, 0.25) is 0 Å².